The monoisotopic (exact) mass is 277 g/mol. The van der Waals surface area contributed by atoms with E-state index in [2.05, 4.69) is 15.4 Å². The smallest absolute Gasteiger partial charge is 0.282 e. The average molecular weight is 277 g/mol. The molecule has 1 aromatic carbocycles. The minimum absolute atomic E-state index is 0.0116. The molecule has 10 heteroatoms. The van der Waals surface area contributed by atoms with Crippen LogP contribution in [0.3, 0.4) is 0 Å². The summed E-state index contributed by atoms with van der Waals surface area (Å²) in [6.45, 7) is -0.0303. The zero-order valence-electron chi connectivity index (χ0n) is 9.82. The van der Waals surface area contributed by atoms with E-state index >= 15 is 0 Å². The molecule has 1 aromatic heterocycles. The van der Waals surface area contributed by atoms with E-state index in [1.807, 2.05) is 0 Å². The number of rotatable bonds is 3. The zero-order valence-corrected chi connectivity index (χ0v) is 9.82. The number of nitrogens with zero attached hydrogens (tertiary/aromatic N) is 3. The lowest BCUT2D eigenvalue weighted by Crippen LogP contribution is -2.13. The van der Waals surface area contributed by atoms with Crippen LogP contribution in [0.25, 0.3) is 11.3 Å². The second-order valence-corrected chi connectivity index (χ2v) is 3.86. The van der Waals surface area contributed by atoms with E-state index in [0.29, 0.717) is 5.75 Å². The first-order chi connectivity index (χ1) is 9.58. The number of benzene rings is 1. The molecule has 0 saturated carbocycles. The topological polar surface area (TPSA) is 146 Å². The van der Waals surface area contributed by atoms with Crippen LogP contribution in [-0.2, 0) is 0 Å². The summed E-state index contributed by atoms with van der Waals surface area (Å²) < 4.78 is 10.2. The summed E-state index contributed by atoms with van der Waals surface area (Å²) in [7, 11) is 0. The third-order valence-electron chi connectivity index (χ3n) is 2.72. The Kier molecular flexibility index (Phi) is 2.49. The molecule has 0 bridgehead atoms. The molecule has 1 aliphatic rings. The molecule has 20 heavy (non-hydrogen) atoms. The van der Waals surface area contributed by atoms with Gasteiger partial charge in [-0.3, -0.25) is 14.9 Å². The second kappa shape index (κ2) is 4.19. The first-order valence-corrected chi connectivity index (χ1v) is 5.37. The number of nitro groups is 1. The van der Waals surface area contributed by atoms with Gasteiger partial charge in [0.05, 0.1) is 16.6 Å². The molecule has 1 amide bonds. The molecule has 0 fully saturated rings. The highest BCUT2D eigenvalue weighted by atomic mass is 16.7. The van der Waals surface area contributed by atoms with Gasteiger partial charge in [0.2, 0.25) is 6.79 Å². The fourth-order valence-electron chi connectivity index (χ4n) is 1.86. The number of fused-ring (bicyclic) bond motifs is 1. The van der Waals surface area contributed by atoms with Crippen LogP contribution < -0.4 is 15.2 Å². The highest BCUT2D eigenvalue weighted by Crippen LogP contribution is 2.42. The summed E-state index contributed by atoms with van der Waals surface area (Å²) in [5, 5.41) is 20.7. The maximum Gasteiger partial charge on any atom is 0.282 e. The first kappa shape index (κ1) is 11.9. The summed E-state index contributed by atoms with van der Waals surface area (Å²) in [5.41, 5.74) is 4.73. The third kappa shape index (κ3) is 1.70. The summed E-state index contributed by atoms with van der Waals surface area (Å²) in [4.78, 5) is 21.8. The Morgan fingerprint density at radius 2 is 2.05 bits per heavy atom. The van der Waals surface area contributed by atoms with E-state index in [0.717, 1.165) is 0 Å². The minimum atomic E-state index is -0.847. The van der Waals surface area contributed by atoms with Crippen LogP contribution >= 0.6 is 0 Å². The molecule has 0 radical (unpaired) electrons. The number of aromatic nitrogens is 3. The summed E-state index contributed by atoms with van der Waals surface area (Å²) >= 11 is 0. The number of amides is 1. The van der Waals surface area contributed by atoms with Crippen LogP contribution in [0, 0.1) is 10.1 Å². The van der Waals surface area contributed by atoms with Crippen molar-refractivity contribution in [1.82, 2.24) is 15.4 Å². The van der Waals surface area contributed by atoms with Gasteiger partial charge in [-0.05, 0) is 0 Å². The van der Waals surface area contributed by atoms with Gasteiger partial charge < -0.3 is 15.2 Å². The summed E-state index contributed by atoms with van der Waals surface area (Å²) in [6.07, 6.45) is 0. The van der Waals surface area contributed by atoms with Crippen LogP contribution in [0.15, 0.2) is 12.1 Å². The molecule has 102 valence electrons. The third-order valence-corrected chi connectivity index (χ3v) is 2.72. The molecular weight excluding hydrogens is 270 g/mol. The molecule has 2 heterocycles. The maximum absolute atomic E-state index is 11.2. The standard InChI is InChI=1S/C10H7N5O5/c11-10(16)9-8(12-14-13-9)4-1-6-7(20-3-19-6)2-5(4)15(17)18/h1-2H,3H2,(H2,11,16)(H,12,13,14). The number of carbonyl (C=O) groups is 1. The number of aromatic amines is 1. The van der Waals surface area contributed by atoms with E-state index in [1.165, 1.54) is 12.1 Å². The molecule has 3 N–H and O–H groups in total. The summed E-state index contributed by atoms with van der Waals surface area (Å²) in [5.74, 6) is -0.269. The lowest BCUT2D eigenvalue weighted by molar-refractivity contribution is -0.384. The fraction of sp³-hybridized carbons (Fsp3) is 0.100. The zero-order chi connectivity index (χ0) is 14.3. The average Bonchev–Trinajstić information content (AvgIpc) is 3.05. The van der Waals surface area contributed by atoms with Gasteiger partial charge in [0.25, 0.3) is 11.6 Å². The number of carbonyl (C=O) groups excluding carboxylic acids is 1. The molecule has 2 aromatic rings. The number of H-pyrrole nitrogens is 1. The Labute approximate surface area is 110 Å². The van der Waals surface area contributed by atoms with Gasteiger partial charge in [0.1, 0.15) is 5.69 Å². The number of nitrogens with one attached hydrogen (secondary N) is 1. The van der Waals surface area contributed by atoms with Crippen molar-refractivity contribution in [2.75, 3.05) is 6.79 Å². The van der Waals surface area contributed by atoms with Gasteiger partial charge in [-0.1, -0.05) is 0 Å². The molecular formula is C10H7N5O5. The number of nitro benzene ring substituents is 1. The SMILES string of the molecule is NC(=O)c1n[nH]nc1-c1cc2c(cc1[N+](=O)[O-])OCO2. The highest BCUT2D eigenvalue weighted by molar-refractivity contribution is 5.98. The van der Waals surface area contributed by atoms with E-state index in [1.54, 1.807) is 0 Å². The summed E-state index contributed by atoms with van der Waals surface area (Å²) in [6, 6.07) is 2.57. The van der Waals surface area contributed by atoms with Crippen molar-refractivity contribution in [2.45, 2.75) is 0 Å². The lowest BCUT2D eigenvalue weighted by atomic mass is 10.1. The number of primary amides is 1. The Balaban J connectivity index is 2.24. The Morgan fingerprint density at radius 3 is 2.70 bits per heavy atom. The van der Waals surface area contributed by atoms with E-state index < -0.39 is 10.8 Å². The van der Waals surface area contributed by atoms with Crippen molar-refractivity contribution in [3.63, 3.8) is 0 Å². The van der Waals surface area contributed by atoms with Crippen LogP contribution in [0.2, 0.25) is 0 Å². The van der Waals surface area contributed by atoms with Gasteiger partial charge in [-0.15, -0.1) is 0 Å². The molecule has 0 unspecified atom stereocenters. The van der Waals surface area contributed by atoms with Crippen LogP contribution in [0.5, 0.6) is 11.5 Å². The van der Waals surface area contributed by atoms with Gasteiger partial charge in [0, 0.05) is 6.07 Å². The quantitative estimate of drug-likeness (QED) is 0.601. The van der Waals surface area contributed by atoms with Crippen LogP contribution in [0.1, 0.15) is 10.5 Å². The lowest BCUT2D eigenvalue weighted by Gasteiger charge is -2.03. The molecule has 0 saturated heterocycles. The molecule has 1 aliphatic heterocycles. The van der Waals surface area contributed by atoms with Crippen molar-refractivity contribution in [1.29, 1.82) is 0 Å². The molecule has 0 atom stereocenters. The number of hydrogen-bond donors (Lipinski definition) is 2. The van der Waals surface area contributed by atoms with Gasteiger partial charge in [0.15, 0.2) is 17.2 Å². The van der Waals surface area contributed by atoms with Crippen molar-refractivity contribution < 1.29 is 19.2 Å². The van der Waals surface area contributed by atoms with Gasteiger partial charge >= 0.3 is 0 Å². The molecule has 0 spiro atoms. The van der Waals surface area contributed by atoms with Crippen molar-refractivity contribution in [2.24, 2.45) is 5.73 Å². The van der Waals surface area contributed by atoms with Crippen LogP contribution in [-0.4, -0.2) is 33.0 Å². The largest absolute Gasteiger partial charge is 0.454 e. The van der Waals surface area contributed by atoms with Crippen molar-refractivity contribution in [3.05, 3.63) is 27.9 Å². The maximum atomic E-state index is 11.2. The second-order valence-electron chi connectivity index (χ2n) is 3.86. The molecule has 0 aliphatic carbocycles. The Hall–Kier alpha value is -3.17. The van der Waals surface area contributed by atoms with Crippen molar-refractivity contribution in [3.8, 4) is 22.8 Å². The predicted octanol–water partition coefficient (Wildman–Crippen LogP) is 0.207. The van der Waals surface area contributed by atoms with Crippen molar-refractivity contribution >= 4 is 11.6 Å². The fourth-order valence-corrected chi connectivity index (χ4v) is 1.86. The molecule has 10 nitrogen and oxygen atoms in total. The number of hydrogen-bond acceptors (Lipinski definition) is 7. The first-order valence-electron chi connectivity index (χ1n) is 5.37. The van der Waals surface area contributed by atoms with Gasteiger partial charge in [-0.25, -0.2) is 0 Å². The Morgan fingerprint density at radius 1 is 1.35 bits per heavy atom. The minimum Gasteiger partial charge on any atom is -0.454 e. The van der Waals surface area contributed by atoms with E-state index in [9.17, 15) is 14.9 Å². The highest BCUT2D eigenvalue weighted by Gasteiger charge is 2.28. The predicted molar refractivity (Wildman–Crippen MR) is 63.1 cm³/mol. The molecule has 3 rings (SSSR count). The number of ether oxygens (including phenoxy) is 2. The van der Waals surface area contributed by atoms with E-state index in [-0.39, 0.29) is 35.2 Å². The van der Waals surface area contributed by atoms with Crippen LogP contribution in [0.4, 0.5) is 5.69 Å². The van der Waals surface area contributed by atoms with E-state index in [4.69, 9.17) is 15.2 Å². The Bertz CT molecular complexity index is 725. The normalized spacial score (nSPS) is 12.4. The number of nitrogens with two attached hydrogens (primary N) is 1. The van der Waals surface area contributed by atoms with Gasteiger partial charge in [-0.2, -0.15) is 15.4 Å².